The van der Waals surface area contributed by atoms with Crippen LogP contribution in [-0.4, -0.2) is 29.2 Å². The average Bonchev–Trinajstić information content (AvgIpc) is 3.49. The van der Waals surface area contributed by atoms with Gasteiger partial charge in [0.1, 0.15) is 23.2 Å². The molecule has 148 valence electrons. The van der Waals surface area contributed by atoms with Crippen molar-refractivity contribution in [3.63, 3.8) is 0 Å². The standard InChI is InChI=1S/C21H20FN5O2/c1-21(15-9-17(15)29-20(23)27-21)14-8-12(3-4-16(14)22)26-19-18-11(5-6-24-19)7-13(28-2)10-25-18/h3-8,10,15,17H,9H2,1-2H3,(H2,23,27)(H,24,26)/t15?,17-,21-/m1/s1. The van der Waals surface area contributed by atoms with Gasteiger partial charge in [-0.1, -0.05) is 0 Å². The summed E-state index contributed by atoms with van der Waals surface area (Å²) < 4.78 is 25.5. The highest BCUT2D eigenvalue weighted by atomic mass is 19.1. The highest BCUT2D eigenvalue weighted by molar-refractivity contribution is 5.90. The van der Waals surface area contributed by atoms with E-state index in [-0.39, 0.29) is 23.9 Å². The molecular weight excluding hydrogens is 373 g/mol. The van der Waals surface area contributed by atoms with Crippen molar-refractivity contribution in [2.45, 2.75) is 25.0 Å². The molecule has 8 heteroatoms. The molecule has 0 bridgehead atoms. The van der Waals surface area contributed by atoms with Crippen molar-refractivity contribution < 1.29 is 13.9 Å². The number of nitrogens with one attached hydrogen (secondary N) is 1. The number of nitrogens with two attached hydrogens (primary N) is 1. The van der Waals surface area contributed by atoms with Gasteiger partial charge >= 0.3 is 0 Å². The molecule has 3 aromatic rings. The topological polar surface area (TPSA) is 94.7 Å². The Kier molecular flexibility index (Phi) is 3.84. The van der Waals surface area contributed by atoms with Crippen LogP contribution < -0.4 is 15.8 Å². The van der Waals surface area contributed by atoms with Crippen LogP contribution in [0.2, 0.25) is 0 Å². The molecule has 1 fully saturated rings. The van der Waals surface area contributed by atoms with Gasteiger partial charge in [0, 0.05) is 28.8 Å². The van der Waals surface area contributed by atoms with E-state index in [1.165, 1.54) is 6.07 Å². The molecule has 1 unspecified atom stereocenters. The zero-order valence-electron chi connectivity index (χ0n) is 16.0. The number of aliphatic imine (C=N–C) groups is 1. The number of aromatic nitrogens is 2. The lowest BCUT2D eigenvalue weighted by Crippen LogP contribution is -2.35. The number of fused-ring (bicyclic) bond motifs is 2. The summed E-state index contributed by atoms with van der Waals surface area (Å²) in [5.74, 6) is 1.04. The van der Waals surface area contributed by atoms with Gasteiger partial charge < -0.3 is 20.5 Å². The second kappa shape index (κ2) is 6.30. The average molecular weight is 393 g/mol. The lowest BCUT2D eigenvalue weighted by molar-refractivity contribution is 0.202. The van der Waals surface area contributed by atoms with Crippen molar-refractivity contribution in [3.8, 4) is 5.75 Å². The maximum Gasteiger partial charge on any atom is 0.283 e. The molecule has 0 amide bonds. The van der Waals surface area contributed by atoms with Crippen molar-refractivity contribution in [3.05, 3.63) is 54.1 Å². The maximum absolute atomic E-state index is 14.8. The highest BCUT2D eigenvalue weighted by Gasteiger charge is 2.57. The Hall–Kier alpha value is -3.42. The van der Waals surface area contributed by atoms with E-state index < -0.39 is 5.54 Å². The number of hydrogen-bond donors (Lipinski definition) is 2. The number of ether oxygens (including phenoxy) is 2. The number of halogens is 1. The van der Waals surface area contributed by atoms with Gasteiger partial charge in [-0.2, -0.15) is 0 Å². The van der Waals surface area contributed by atoms with Gasteiger partial charge in [0.2, 0.25) is 0 Å². The summed E-state index contributed by atoms with van der Waals surface area (Å²) in [6.45, 7) is 1.90. The predicted octanol–water partition coefficient (Wildman–Crippen LogP) is 3.47. The molecule has 1 aliphatic carbocycles. The third kappa shape index (κ3) is 2.91. The molecule has 0 saturated heterocycles. The number of rotatable bonds is 4. The Morgan fingerprint density at radius 2 is 2.14 bits per heavy atom. The van der Waals surface area contributed by atoms with E-state index in [1.807, 2.05) is 19.1 Å². The molecule has 3 heterocycles. The van der Waals surface area contributed by atoms with E-state index in [0.717, 1.165) is 11.8 Å². The van der Waals surface area contributed by atoms with Crippen LogP contribution in [0.1, 0.15) is 18.9 Å². The zero-order chi connectivity index (χ0) is 20.2. The second-order valence-corrected chi connectivity index (χ2v) is 7.52. The van der Waals surface area contributed by atoms with Gasteiger partial charge in [-0.15, -0.1) is 0 Å². The number of nitrogens with zero attached hydrogens (tertiary/aromatic N) is 3. The second-order valence-electron chi connectivity index (χ2n) is 7.52. The normalized spacial score (nSPS) is 25.0. The number of pyridine rings is 2. The first kappa shape index (κ1) is 17.7. The van der Waals surface area contributed by atoms with Crippen LogP contribution in [0.5, 0.6) is 5.75 Å². The van der Waals surface area contributed by atoms with Crippen molar-refractivity contribution in [1.29, 1.82) is 0 Å². The summed E-state index contributed by atoms with van der Waals surface area (Å²) in [6.07, 6.45) is 4.15. The maximum atomic E-state index is 14.8. The molecule has 29 heavy (non-hydrogen) atoms. The third-order valence-corrected chi connectivity index (χ3v) is 5.65. The Morgan fingerprint density at radius 1 is 1.28 bits per heavy atom. The number of amidine groups is 1. The van der Waals surface area contributed by atoms with E-state index >= 15 is 0 Å². The molecule has 3 atom stereocenters. The van der Waals surface area contributed by atoms with Gasteiger partial charge in [-0.05, 0) is 43.7 Å². The minimum Gasteiger partial charge on any atom is -0.495 e. The molecule has 3 N–H and O–H groups in total. The number of hydrogen-bond acceptors (Lipinski definition) is 7. The number of anilines is 2. The summed E-state index contributed by atoms with van der Waals surface area (Å²) in [5.41, 5.74) is 6.94. The minimum absolute atomic E-state index is 0.00688. The monoisotopic (exact) mass is 393 g/mol. The number of methoxy groups -OCH3 is 1. The lowest BCUT2D eigenvalue weighted by Gasteiger charge is -2.30. The molecule has 5 rings (SSSR count). The summed E-state index contributed by atoms with van der Waals surface area (Å²) in [4.78, 5) is 13.3. The molecule has 1 aliphatic heterocycles. The van der Waals surface area contributed by atoms with Gasteiger partial charge in [0.05, 0.1) is 18.8 Å². The van der Waals surface area contributed by atoms with Crippen molar-refractivity contribution in [2.24, 2.45) is 16.6 Å². The smallest absolute Gasteiger partial charge is 0.283 e. The Morgan fingerprint density at radius 3 is 2.97 bits per heavy atom. The van der Waals surface area contributed by atoms with E-state index in [4.69, 9.17) is 15.2 Å². The van der Waals surface area contributed by atoms with E-state index in [0.29, 0.717) is 28.3 Å². The molecule has 7 nitrogen and oxygen atoms in total. The largest absolute Gasteiger partial charge is 0.495 e. The van der Waals surface area contributed by atoms with E-state index in [1.54, 1.807) is 31.6 Å². The summed E-state index contributed by atoms with van der Waals surface area (Å²) in [5, 5.41) is 4.14. The first-order valence-electron chi connectivity index (χ1n) is 9.36. The van der Waals surface area contributed by atoms with Gasteiger partial charge in [0.15, 0.2) is 5.82 Å². The van der Waals surface area contributed by atoms with Crippen LogP contribution in [0.25, 0.3) is 10.9 Å². The van der Waals surface area contributed by atoms with Crippen molar-refractivity contribution in [1.82, 2.24) is 9.97 Å². The van der Waals surface area contributed by atoms with Gasteiger partial charge in [-0.3, -0.25) is 0 Å². The first-order chi connectivity index (χ1) is 14.0. The van der Waals surface area contributed by atoms with Crippen LogP contribution in [0.3, 0.4) is 0 Å². The van der Waals surface area contributed by atoms with Gasteiger partial charge in [-0.25, -0.2) is 19.4 Å². The fourth-order valence-corrected chi connectivity index (χ4v) is 4.02. The molecule has 1 saturated carbocycles. The molecular formula is C21H20FN5O2. The molecule has 0 spiro atoms. The molecule has 2 aromatic heterocycles. The lowest BCUT2D eigenvalue weighted by atomic mass is 9.86. The predicted molar refractivity (Wildman–Crippen MR) is 108 cm³/mol. The van der Waals surface area contributed by atoms with E-state index in [9.17, 15) is 4.39 Å². The summed E-state index contributed by atoms with van der Waals surface area (Å²) in [7, 11) is 1.60. The quantitative estimate of drug-likeness (QED) is 0.705. The Bertz CT molecular complexity index is 1150. The van der Waals surface area contributed by atoms with Crippen LogP contribution in [0, 0.1) is 11.7 Å². The summed E-state index contributed by atoms with van der Waals surface area (Å²) >= 11 is 0. The molecule has 0 radical (unpaired) electrons. The fourth-order valence-electron chi connectivity index (χ4n) is 4.02. The van der Waals surface area contributed by atoms with E-state index in [2.05, 4.69) is 20.3 Å². The minimum atomic E-state index is -0.757. The molecule has 1 aromatic carbocycles. The molecule has 2 aliphatic rings. The van der Waals surface area contributed by atoms with Crippen molar-refractivity contribution in [2.75, 3.05) is 12.4 Å². The third-order valence-electron chi connectivity index (χ3n) is 5.65. The zero-order valence-corrected chi connectivity index (χ0v) is 16.0. The number of benzene rings is 1. The Labute approximate surface area is 166 Å². The highest BCUT2D eigenvalue weighted by Crippen LogP contribution is 2.53. The van der Waals surface area contributed by atoms with Crippen LogP contribution in [0.4, 0.5) is 15.9 Å². The van der Waals surface area contributed by atoms with Crippen LogP contribution >= 0.6 is 0 Å². The fraction of sp³-hybridized carbons (Fsp3) is 0.286. The van der Waals surface area contributed by atoms with Crippen molar-refractivity contribution >= 4 is 28.4 Å². The SMILES string of the molecule is COc1cnc2c(Nc3ccc(F)c([C@@]4(C)N=C(N)O[C@@H]5CC54)c3)nccc2c1. The van der Waals surface area contributed by atoms with Gasteiger partial charge in [0.25, 0.3) is 6.02 Å². The first-order valence-corrected chi connectivity index (χ1v) is 9.36. The van der Waals surface area contributed by atoms with Crippen LogP contribution in [-0.2, 0) is 10.3 Å². The Balaban J connectivity index is 1.53. The summed E-state index contributed by atoms with van der Waals surface area (Å²) in [6, 6.07) is 8.72. The van der Waals surface area contributed by atoms with Crippen LogP contribution in [0.15, 0.2) is 47.7 Å².